The molecule has 11 heavy (non-hydrogen) atoms. The molecular weight excluding hydrogens is 156 g/mol. The first kappa shape index (κ1) is 6.76. The van der Waals surface area contributed by atoms with Crippen molar-refractivity contribution in [2.75, 3.05) is 4.72 Å². The minimum atomic E-state index is -0.282. The Morgan fingerprint density at radius 3 is 3.00 bits per heavy atom. The van der Waals surface area contributed by atoms with Crippen LogP contribution in [0.3, 0.4) is 0 Å². The first-order valence-corrected chi connectivity index (χ1v) is 4.73. The van der Waals surface area contributed by atoms with Gasteiger partial charge in [0, 0.05) is 5.56 Å². The molecule has 0 aliphatic carbocycles. The Morgan fingerprint density at radius 2 is 2.09 bits per heavy atom. The highest BCUT2D eigenvalue weighted by molar-refractivity contribution is 7.99. The lowest BCUT2D eigenvalue weighted by molar-refractivity contribution is 1.61. The molecule has 3 N–H and O–H groups in total. The molecule has 0 bridgehead atoms. The Kier molecular flexibility index (Phi) is 1.60. The average molecular weight is 165 g/mol. The molecule has 1 aliphatic rings. The zero-order chi connectivity index (χ0) is 7.68. The molecule has 56 valence electrons. The molecule has 0 spiro atoms. The Bertz CT molecular complexity index is 296. The van der Waals surface area contributed by atoms with E-state index in [9.17, 15) is 0 Å². The smallest absolute Gasteiger partial charge is 0.184 e. The molecule has 0 fully saturated rings. The summed E-state index contributed by atoms with van der Waals surface area (Å²) in [6, 6.07) is 8.12. The predicted octanol–water partition coefficient (Wildman–Crippen LogP) is 1.49. The molecule has 1 heterocycles. The van der Waals surface area contributed by atoms with Crippen molar-refractivity contribution in [2.45, 2.75) is 0 Å². The summed E-state index contributed by atoms with van der Waals surface area (Å²) in [5.41, 5.74) is 2.34. The number of hydrogen-bond acceptors (Lipinski definition) is 2. The molecule has 0 aromatic heterocycles. The molecule has 2 rings (SSSR count). The zero-order valence-electron chi connectivity index (χ0n) is 5.95. The second-order valence-corrected chi connectivity index (χ2v) is 3.58. The maximum Gasteiger partial charge on any atom is 0.219 e. The topological polar surface area (TPSA) is 38.0 Å². The summed E-state index contributed by atoms with van der Waals surface area (Å²) < 4.78 is 3.18. The van der Waals surface area contributed by atoms with Crippen LogP contribution in [0, 0.1) is 0 Å². The number of fused-ring (bicyclic) bond motifs is 1. The van der Waals surface area contributed by atoms with Crippen molar-refractivity contribution in [3.63, 3.8) is 0 Å². The van der Waals surface area contributed by atoms with Crippen molar-refractivity contribution in [1.82, 2.24) is 0 Å². The third kappa shape index (κ3) is 1.25. The fraction of sp³-hybridized carbons (Fsp3) is 0. The van der Waals surface area contributed by atoms with Crippen LogP contribution < -0.4 is 9.86 Å². The van der Waals surface area contributed by atoms with Gasteiger partial charge in [0.2, 0.25) is 11.3 Å². The minimum absolute atomic E-state index is 0.282. The third-order valence-corrected chi connectivity index (χ3v) is 2.47. The monoisotopic (exact) mass is 165 g/mol. The van der Waals surface area contributed by atoms with Crippen LogP contribution in [0.15, 0.2) is 29.7 Å². The summed E-state index contributed by atoms with van der Waals surface area (Å²) in [7, 11) is 0. The summed E-state index contributed by atoms with van der Waals surface area (Å²) in [5.74, 6) is 0. The molecule has 0 radical (unpaired) electrons. The summed E-state index contributed by atoms with van der Waals surface area (Å²) in [6.45, 7) is 0. The maximum absolute atomic E-state index is 5.68. The predicted molar refractivity (Wildman–Crippen MR) is 50.7 cm³/mol. The summed E-state index contributed by atoms with van der Waals surface area (Å²) in [5, 5.41) is 7.65. The van der Waals surface area contributed by atoms with E-state index < -0.39 is 0 Å². The highest BCUT2D eigenvalue weighted by Crippen LogP contribution is 2.21. The summed E-state index contributed by atoms with van der Waals surface area (Å²) >= 11 is -0.282. The van der Waals surface area contributed by atoms with Gasteiger partial charge in [-0.2, -0.15) is 4.72 Å². The second kappa shape index (κ2) is 2.60. The van der Waals surface area contributed by atoms with Gasteiger partial charge in [-0.15, -0.1) is 5.14 Å². The lowest BCUT2D eigenvalue weighted by atomic mass is 10.2. The van der Waals surface area contributed by atoms with Gasteiger partial charge in [0.15, 0.2) is 5.41 Å². The number of para-hydroxylation sites is 1. The maximum atomic E-state index is 5.68. The normalized spacial score (nSPS) is 20.6. The lowest BCUT2D eigenvalue weighted by Crippen LogP contribution is -2.22. The van der Waals surface area contributed by atoms with Crippen molar-refractivity contribution >= 4 is 23.0 Å². The molecule has 1 atom stereocenters. The van der Waals surface area contributed by atoms with E-state index in [4.69, 9.17) is 5.14 Å². The highest BCUT2D eigenvalue weighted by atomic mass is 32.2. The Hall–Kier alpha value is -0.930. The van der Waals surface area contributed by atoms with Crippen LogP contribution in [-0.4, -0.2) is 0 Å². The van der Waals surface area contributed by atoms with Gasteiger partial charge in [-0.05, 0) is 12.1 Å². The molecule has 3 heteroatoms. The van der Waals surface area contributed by atoms with Crippen LogP contribution in [0.25, 0.3) is 6.08 Å². The first-order valence-electron chi connectivity index (χ1n) is 3.37. The largest absolute Gasteiger partial charge is 0.219 e. The van der Waals surface area contributed by atoms with Crippen LogP contribution >= 0.6 is 0 Å². The van der Waals surface area contributed by atoms with Crippen molar-refractivity contribution in [3.8, 4) is 0 Å². The van der Waals surface area contributed by atoms with Crippen molar-refractivity contribution in [1.29, 1.82) is 0 Å². The first-order chi connectivity index (χ1) is 5.36. The molecular formula is C8H9N2S+. The van der Waals surface area contributed by atoms with Gasteiger partial charge in [0.05, 0.1) is 5.69 Å². The second-order valence-electron chi connectivity index (χ2n) is 2.36. The van der Waals surface area contributed by atoms with E-state index in [1.54, 1.807) is 0 Å². The SMILES string of the molecule is N[S+]1C=Cc2ccccc2N1. The van der Waals surface area contributed by atoms with E-state index in [1.165, 1.54) is 5.56 Å². The number of nitrogens with two attached hydrogens (primary N) is 1. The van der Waals surface area contributed by atoms with E-state index in [0.29, 0.717) is 0 Å². The van der Waals surface area contributed by atoms with E-state index in [2.05, 4.69) is 16.9 Å². The Morgan fingerprint density at radius 1 is 1.27 bits per heavy atom. The molecule has 2 nitrogen and oxygen atoms in total. The molecule has 1 aromatic carbocycles. The third-order valence-electron chi connectivity index (χ3n) is 1.58. The Balaban J connectivity index is 2.46. The van der Waals surface area contributed by atoms with Gasteiger partial charge in [0.25, 0.3) is 0 Å². The zero-order valence-corrected chi connectivity index (χ0v) is 6.77. The molecule has 1 aromatic rings. The number of hydrogen-bond donors (Lipinski definition) is 2. The minimum Gasteiger partial charge on any atom is -0.184 e. The molecule has 1 aliphatic heterocycles. The summed E-state index contributed by atoms with van der Waals surface area (Å²) in [6.07, 6.45) is 2.05. The van der Waals surface area contributed by atoms with Gasteiger partial charge in [-0.25, -0.2) is 0 Å². The lowest BCUT2D eigenvalue weighted by Gasteiger charge is -2.08. The van der Waals surface area contributed by atoms with Gasteiger partial charge in [0.1, 0.15) is 0 Å². The number of anilines is 1. The Labute approximate surface area is 68.7 Å². The van der Waals surface area contributed by atoms with Gasteiger partial charge >= 0.3 is 0 Å². The summed E-state index contributed by atoms with van der Waals surface area (Å²) in [4.78, 5) is 0. The number of rotatable bonds is 0. The standard InChI is InChI=1S/C8H8N2S/c9-11-6-5-7-3-1-2-4-8(7)10-11/h1-6H,(H2,9,10)/p+1. The molecule has 1 unspecified atom stereocenters. The molecule has 0 saturated heterocycles. The van der Waals surface area contributed by atoms with Crippen molar-refractivity contribution < 1.29 is 0 Å². The van der Waals surface area contributed by atoms with E-state index >= 15 is 0 Å². The van der Waals surface area contributed by atoms with E-state index in [1.807, 2.05) is 23.6 Å². The average Bonchev–Trinajstić information content (AvgIpc) is 2.04. The van der Waals surface area contributed by atoms with Crippen LogP contribution in [0.1, 0.15) is 5.56 Å². The van der Waals surface area contributed by atoms with Gasteiger partial charge < -0.3 is 0 Å². The number of nitrogens with one attached hydrogen (secondary N) is 1. The fourth-order valence-corrected chi connectivity index (χ4v) is 1.84. The molecule has 0 saturated carbocycles. The van der Waals surface area contributed by atoms with Crippen molar-refractivity contribution in [2.24, 2.45) is 5.14 Å². The van der Waals surface area contributed by atoms with Crippen LogP contribution in [0.5, 0.6) is 0 Å². The van der Waals surface area contributed by atoms with E-state index in [0.717, 1.165) is 5.69 Å². The van der Waals surface area contributed by atoms with E-state index in [-0.39, 0.29) is 11.3 Å². The highest BCUT2D eigenvalue weighted by Gasteiger charge is 2.15. The van der Waals surface area contributed by atoms with Gasteiger partial charge in [-0.1, -0.05) is 18.2 Å². The molecule has 0 amide bonds. The van der Waals surface area contributed by atoms with Crippen LogP contribution in [0.2, 0.25) is 0 Å². The van der Waals surface area contributed by atoms with Crippen molar-refractivity contribution in [3.05, 3.63) is 35.2 Å². The quantitative estimate of drug-likeness (QED) is 0.572. The fourth-order valence-electron chi connectivity index (χ4n) is 1.04. The van der Waals surface area contributed by atoms with Gasteiger partial charge in [-0.3, -0.25) is 0 Å². The van der Waals surface area contributed by atoms with Crippen LogP contribution in [-0.2, 0) is 11.3 Å². The van der Waals surface area contributed by atoms with Crippen LogP contribution in [0.4, 0.5) is 5.69 Å². The number of benzene rings is 1.